The molecule has 1 spiro atoms. The molecular formula is C19H21NO5. The van der Waals surface area contributed by atoms with Crippen LogP contribution >= 0.6 is 0 Å². The van der Waals surface area contributed by atoms with Gasteiger partial charge in [0, 0.05) is 5.69 Å². The Bertz CT molecular complexity index is 728. The Hall–Kier alpha value is -2.34. The number of hydrogen-bond donors (Lipinski definition) is 0. The standard InChI is InChI=1S/C19H21NO5/c1-3-10-24-18(22)15-14-8-9-19(25-14)11-20(17(21)16(15)19)12-4-6-13(23-2)7-5-12/h4-9,14-16H,3,10-11H2,1-2H3/t14-,15+,16-,19+/m1/s1. The second-order valence-corrected chi connectivity index (χ2v) is 6.69. The minimum absolute atomic E-state index is 0.0875. The van der Waals surface area contributed by atoms with E-state index in [1.807, 2.05) is 43.3 Å². The smallest absolute Gasteiger partial charge is 0.312 e. The first-order chi connectivity index (χ1) is 12.1. The fourth-order valence-corrected chi connectivity index (χ4v) is 4.05. The minimum Gasteiger partial charge on any atom is -0.497 e. The van der Waals surface area contributed by atoms with Crippen LogP contribution in [0.15, 0.2) is 36.4 Å². The number of rotatable bonds is 5. The largest absolute Gasteiger partial charge is 0.497 e. The van der Waals surface area contributed by atoms with Crippen molar-refractivity contribution in [1.82, 2.24) is 0 Å². The molecule has 6 heteroatoms. The van der Waals surface area contributed by atoms with Crippen LogP contribution in [-0.2, 0) is 19.1 Å². The van der Waals surface area contributed by atoms with Crippen LogP contribution in [0.2, 0.25) is 0 Å². The van der Waals surface area contributed by atoms with Gasteiger partial charge < -0.3 is 19.1 Å². The van der Waals surface area contributed by atoms with Gasteiger partial charge in [-0.15, -0.1) is 0 Å². The predicted molar refractivity (Wildman–Crippen MR) is 90.3 cm³/mol. The molecule has 3 heterocycles. The molecule has 3 aliphatic heterocycles. The van der Waals surface area contributed by atoms with E-state index < -0.39 is 17.4 Å². The van der Waals surface area contributed by atoms with Gasteiger partial charge in [-0.3, -0.25) is 9.59 Å². The summed E-state index contributed by atoms with van der Waals surface area (Å²) in [7, 11) is 1.60. The highest BCUT2D eigenvalue weighted by atomic mass is 16.6. The Morgan fingerprint density at radius 1 is 1.36 bits per heavy atom. The predicted octanol–water partition coefficient (Wildman–Crippen LogP) is 1.93. The molecule has 0 saturated carbocycles. The van der Waals surface area contributed by atoms with Gasteiger partial charge in [0.05, 0.1) is 32.3 Å². The van der Waals surface area contributed by atoms with Crippen molar-refractivity contribution in [1.29, 1.82) is 0 Å². The maximum Gasteiger partial charge on any atom is 0.312 e. The number of methoxy groups -OCH3 is 1. The van der Waals surface area contributed by atoms with Crippen LogP contribution in [-0.4, -0.2) is 43.8 Å². The zero-order valence-electron chi connectivity index (χ0n) is 14.3. The molecule has 0 unspecified atom stereocenters. The summed E-state index contributed by atoms with van der Waals surface area (Å²) < 4.78 is 16.5. The number of ether oxygens (including phenoxy) is 3. The molecule has 3 aliphatic rings. The highest BCUT2D eigenvalue weighted by Crippen LogP contribution is 2.52. The highest BCUT2D eigenvalue weighted by molar-refractivity contribution is 6.02. The highest BCUT2D eigenvalue weighted by Gasteiger charge is 2.67. The topological polar surface area (TPSA) is 65.1 Å². The molecule has 4 rings (SSSR count). The molecule has 4 atom stereocenters. The van der Waals surface area contributed by atoms with Crippen molar-refractivity contribution in [3.63, 3.8) is 0 Å². The molecule has 2 fully saturated rings. The quantitative estimate of drug-likeness (QED) is 0.604. The van der Waals surface area contributed by atoms with Gasteiger partial charge in [0.1, 0.15) is 17.3 Å². The number of esters is 1. The number of fused-ring (bicyclic) bond motifs is 1. The van der Waals surface area contributed by atoms with Crippen molar-refractivity contribution in [2.75, 3.05) is 25.2 Å². The van der Waals surface area contributed by atoms with E-state index in [-0.39, 0.29) is 18.0 Å². The Kier molecular flexibility index (Phi) is 3.80. The molecule has 1 amide bonds. The molecule has 2 bridgehead atoms. The molecule has 0 N–H and O–H groups in total. The average molecular weight is 343 g/mol. The van der Waals surface area contributed by atoms with Crippen LogP contribution in [0.25, 0.3) is 0 Å². The number of carbonyl (C=O) groups is 2. The van der Waals surface area contributed by atoms with Crippen molar-refractivity contribution in [3.05, 3.63) is 36.4 Å². The lowest BCUT2D eigenvalue weighted by atomic mass is 9.77. The van der Waals surface area contributed by atoms with Gasteiger partial charge in [-0.2, -0.15) is 0 Å². The second-order valence-electron chi connectivity index (χ2n) is 6.69. The van der Waals surface area contributed by atoms with Crippen LogP contribution in [0.5, 0.6) is 5.75 Å². The summed E-state index contributed by atoms with van der Waals surface area (Å²) in [5, 5.41) is 0. The number of carbonyl (C=O) groups excluding carboxylic acids is 2. The van der Waals surface area contributed by atoms with Crippen molar-refractivity contribution in [2.24, 2.45) is 11.8 Å². The average Bonchev–Trinajstić information content (AvgIpc) is 3.28. The fourth-order valence-electron chi connectivity index (χ4n) is 4.05. The first-order valence-electron chi connectivity index (χ1n) is 8.59. The van der Waals surface area contributed by atoms with Gasteiger partial charge in [0.25, 0.3) is 0 Å². The SMILES string of the molecule is CCCOC(=O)[C@H]1[C@H]2C=C[C@@]3(CN(c4ccc(OC)cc4)C(=O)[C@@H]13)O2. The molecule has 25 heavy (non-hydrogen) atoms. The van der Waals surface area contributed by atoms with Crippen molar-refractivity contribution in [2.45, 2.75) is 25.0 Å². The monoisotopic (exact) mass is 343 g/mol. The van der Waals surface area contributed by atoms with Crippen LogP contribution in [0.3, 0.4) is 0 Å². The molecule has 2 saturated heterocycles. The summed E-state index contributed by atoms with van der Waals surface area (Å²) >= 11 is 0. The molecule has 1 aromatic carbocycles. The fraction of sp³-hybridized carbons (Fsp3) is 0.474. The van der Waals surface area contributed by atoms with Gasteiger partial charge in [0.15, 0.2) is 0 Å². The van der Waals surface area contributed by atoms with Crippen LogP contribution < -0.4 is 9.64 Å². The summed E-state index contributed by atoms with van der Waals surface area (Å²) in [6, 6.07) is 7.31. The van der Waals surface area contributed by atoms with E-state index >= 15 is 0 Å². The number of hydrogen-bond acceptors (Lipinski definition) is 5. The van der Waals surface area contributed by atoms with Crippen LogP contribution in [0, 0.1) is 11.8 Å². The van der Waals surface area contributed by atoms with E-state index in [9.17, 15) is 9.59 Å². The maximum absolute atomic E-state index is 13.1. The van der Waals surface area contributed by atoms with Crippen molar-refractivity contribution < 1.29 is 23.8 Å². The molecule has 1 aromatic rings. The Morgan fingerprint density at radius 2 is 2.12 bits per heavy atom. The summed E-state index contributed by atoms with van der Waals surface area (Å²) in [4.78, 5) is 27.3. The van der Waals surface area contributed by atoms with Gasteiger partial charge >= 0.3 is 5.97 Å². The first-order valence-corrected chi connectivity index (χ1v) is 8.59. The Morgan fingerprint density at radius 3 is 2.80 bits per heavy atom. The Labute approximate surface area is 146 Å². The minimum atomic E-state index is -0.725. The first kappa shape index (κ1) is 16.1. The molecule has 132 valence electrons. The van der Waals surface area contributed by atoms with Crippen molar-refractivity contribution in [3.8, 4) is 5.75 Å². The lowest BCUT2D eigenvalue weighted by Crippen LogP contribution is -2.40. The number of anilines is 1. The third-order valence-corrected chi connectivity index (χ3v) is 5.21. The summed E-state index contributed by atoms with van der Waals surface area (Å²) in [6.45, 7) is 2.72. The van der Waals surface area contributed by atoms with Crippen LogP contribution in [0.4, 0.5) is 5.69 Å². The van der Waals surface area contributed by atoms with Gasteiger partial charge in [-0.05, 0) is 30.7 Å². The van der Waals surface area contributed by atoms with E-state index in [1.54, 1.807) is 12.0 Å². The van der Waals surface area contributed by atoms with E-state index in [4.69, 9.17) is 14.2 Å². The van der Waals surface area contributed by atoms with E-state index in [0.717, 1.165) is 17.9 Å². The van der Waals surface area contributed by atoms with Crippen LogP contribution in [0.1, 0.15) is 13.3 Å². The summed E-state index contributed by atoms with van der Waals surface area (Å²) in [5.74, 6) is -0.781. The van der Waals surface area contributed by atoms with Gasteiger partial charge in [-0.1, -0.05) is 19.1 Å². The van der Waals surface area contributed by atoms with E-state index in [2.05, 4.69) is 0 Å². The lowest BCUT2D eigenvalue weighted by Gasteiger charge is -2.22. The maximum atomic E-state index is 13.1. The second kappa shape index (κ2) is 5.88. The van der Waals surface area contributed by atoms with E-state index in [1.165, 1.54) is 0 Å². The number of benzene rings is 1. The molecule has 0 radical (unpaired) electrons. The Balaban J connectivity index is 1.61. The normalized spacial score (nSPS) is 32.2. The molecule has 0 aliphatic carbocycles. The zero-order valence-corrected chi connectivity index (χ0v) is 14.3. The summed E-state index contributed by atoms with van der Waals surface area (Å²) in [5.41, 5.74) is 0.0492. The lowest BCUT2D eigenvalue weighted by molar-refractivity contribution is -0.152. The number of nitrogens with zero attached hydrogens (tertiary/aromatic N) is 1. The van der Waals surface area contributed by atoms with E-state index in [0.29, 0.717) is 13.2 Å². The van der Waals surface area contributed by atoms with Gasteiger partial charge in [-0.25, -0.2) is 0 Å². The molecule has 0 aromatic heterocycles. The van der Waals surface area contributed by atoms with Gasteiger partial charge in [0.2, 0.25) is 5.91 Å². The third kappa shape index (κ3) is 2.35. The molecular weight excluding hydrogens is 322 g/mol. The third-order valence-electron chi connectivity index (χ3n) is 5.21. The molecule has 6 nitrogen and oxygen atoms in total. The van der Waals surface area contributed by atoms with Crippen molar-refractivity contribution >= 4 is 17.6 Å². The summed E-state index contributed by atoms with van der Waals surface area (Å²) in [6.07, 6.45) is 4.21. The number of amides is 1. The zero-order chi connectivity index (χ0) is 17.6.